The molecule has 1 amide bonds. The van der Waals surface area contributed by atoms with Gasteiger partial charge in [-0.3, -0.25) is 4.79 Å². The molecule has 1 aliphatic rings. The van der Waals surface area contributed by atoms with Crippen molar-refractivity contribution >= 4 is 27.5 Å². The molecule has 28 heavy (non-hydrogen) atoms. The third kappa shape index (κ3) is 4.74. The standard InChI is InChI=1S/C21H25ClN2O3S/c1-15-3-8-20(16(2)13-15)28(26,27)24-11-9-18(10-12-24)21(25)23-14-17-4-6-19(22)7-5-17/h3-8,13,18H,9-12,14H2,1-2H3,(H,23,25). The first-order valence-electron chi connectivity index (χ1n) is 9.37. The van der Waals surface area contributed by atoms with Crippen molar-refractivity contribution in [3.05, 3.63) is 64.2 Å². The second-order valence-corrected chi connectivity index (χ2v) is 9.63. The molecule has 0 aromatic heterocycles. The Bertz CT molecular complexity index is 950. The smallest absolute Gasteiger partial charge is 0.243 e. The van der Waals surface area contributed by atoms with Crippen LogP contribution in [0, 0.1) is 19.8 Å². The van der Waals surface area contributed by atoms with E-state index in [9.17, 15) is 13.2 Å². The summed E-state index contributed by atoms with van der Waals surface area (Å²) in [5, 5.41) is 3.60. The first-order chi connectivity index (χ1) is 13.3. The van der Waals surface area contributed by atoms with Gasteiger partial charge >= 0.3 is 0 Å². The first kappa shape index (κ1) is 20.8. The lowest BCUT2D eigenvalue weighted by Gasteiger charge is -2.31. The van der Waals surface area contributed by atoms with Gasteiger partial charge in [0.25, 0.3) is 0 Å². The predicted molar refractivity (Wildman–Crippen MR) is 111 cm³/mol. The number of carbonyl (C=O) groups is 1. The average Bonchev–Trinajstić information content (AvgIpc) is 2.67. The van der Waals surface area contributed by atoms with Gasteiger partial charge in [0.05, 0.1) is 4.90 Å². The molecule has 150 valence electrons. The quantitative estimate of drug-likeness (QED) is 0.802. The summed E-state index contributed by atoms with van der Waals surface area (Å²) in [5.41, 5.74) is 2.77. The Labute approximate surface area is 171 Å². The summed E-state index contributed by atoms with van der Waals surface area (Å²) in [7, 11) is -3.53. The van der Waals surface area contributed by atoms with Gasteiger partial charge in [0.2, 0.25) is 15.9 Å². The van der Waals surface area contributed by atoms with Gasteiger partial charge in [-0.2, -0.15) is 4.31 Å². The molecule has 3 rings (SSSR count). The highest BCUT2D eigenvalue weighted by Gasteiger charge is 2.32. The summed E-state index contributed by atoms with van der Waals surface area (Å²) < 4.78 is 27.4. The van der Waals surface area contributed by atoms with Crippen LogP contribution in [0.4, 0.5) is 0 Å². The number of carbonyl (C=O) groups excluding carboxylic acids is 1. The summed E-state index contributed by atoms with van der Waals surface area (Å²) in [6.45, 7) is 4.91. The number of hydrogen-bond donors (Lipinski definition) is 1. The minimum Gasteiger partial charge on any atom is -0.352 e. The number of nitrogens with one attached hydrogen (secondary N) is 1. The van der Waals surface area contributed by atoms with E-state index in [-0.39, 0.29) is 11.8 Å². The van der Waals surface area contributed by atoms with Crippen LogP contribution in [0.25, 0.3) is 0 Å². The van der Waals surface area contributed by atoms with Gasteiger partial charge in [-0.15, -0.1) is 0 Å². The summed E-state index contributed by atoms with van der Waals surface area (Å²) in [5.74, 6) is -0.198. The highest BCUT2D eigenvalue weighted by molar-refractivity contribution is 7.89. The maximum Gasteiger partial charge on any atom is 0.243 e. The predicted octanol–water partition coefficient (Wildman–Crippen LogP) is 3.67. The van der Waals surface area contributed by atoms with Gasteiger partial charge in [-0.25, -0.2) is 8.42 Å². The number of benzene rings is 2. The Morgan fingerprint density at radius 2 is 1.75 bits per heavy atom. The van der Waals surface area contributed by atoms with E-state index in [1.807, 2.05) is 38.1 Å². The number of amides is 1. The van der Waals surface area contributed by atoms with Gasteiger partial charge in [-0.1, -0.05) is 41.4 Å². The molecule has 0 spiro atoms. The van der Waals surface area contributed by atoms with Crippen molar-refractivity contribution in [2.75, 3.05) is 13.1 Å². The van der Waals surface area contributed by atoms with Crippen LogP contribution in [0.5, 0.6) is 0 Å². The number of nitrogens with zero attached hydrogens (tertiary/aromatic N) is 1. The molecule has 1 saturated heterocycles. The lowest BCUT2D eigenvalue weighted by Crippen LogP contribution is -2.43. The molecule has 1 fully saturated rings. The minimum absolute atomic E-state index is 0.0292. The first-order valence-corrected chi connectivity index (χ1v) is 11.2. The zero-order chi connectivity index (χ0) is 20.3. The number of hydrogen-bond acceptors (Lipinski definition) is 3. The zero-order valence-electron chi connectivity index (χ0n) is 16.1. The van der Waals surface area contributed by atoms with Gasteiger partial charge in [0.15, 0.2) is 0 Å². The summed E-state index contributed by atoms with van der Waals surface area (Å²) in [6.07, 6.45) is 1.05. The Kier molecular flexibility index (Phi) is 6.43. The van der Waals surface area contributed by atoms with E-state index < -0.39 is 10.0 Å². The molecule has 0 bridgehead atoms. The molecule has 0 atom stereocenters. The van der Waals surface area contributed by atoms with Crippen LogP contribution < -0.4 is 5.32 Å². The van der Waals surface area contributed by atoms with Crippen molar-refractivity contribution in [2.45, 2.75) is 38.1 Å². The Morgan fingerprint density at radius 3 is 2.36 bits per heavy atom. The van der Waals surface area contributed by atoms with Crippen LogP contribution in [-0.4, -0.2) is 31.7 Å². The molecule has 1 heterocycles. The van der Waals surface area contributed by atoms with Crippen molar-refractivity contribution < 1.29 is 13.2 Å². The molecular formula is C21H25ClN2O3S. The molecule has 0 radical (unpaired) electrons. The molecular weight excluding hydrogens is 396 g/mol. The summed E-state index contributed by atoms with van der Waals surface area (Å²) in [6, 6.07) is 12.7. The highest BCUT2D eigenvalue weighted by atomic mass is 35.5. The molecule has 0 aliphatic carbocycles. The molecule has 1 N–H and O–H groups in total. The van der Waals surface area contributed by atoms with E-state index in [0.717, 1.165) is 16.7 Å². The lowest BCUT2D eigenvalue weighted by molar-refractivity contribution is -0.126. The molecule has 2 aromatic rings. The largest absolute Gasteiger partial charge is 0.352 e. The number of rotatable bonds is 5. The van der Waals surface area contributed by atoms with Crippen LogP contribution >= 0.6 is 11.6 Å². The number of sulfonamides is 1. The highest BCUT2D eigenvalue weighted by Crippen LogP contribution is 2.26. The molecule has 0 unspecified atom stereocenters. The van der Waals surface area contributed by atoms with E-state index in [4.69, 9.17) is 11.6 Å². The Balaban J connectivity index is 1.57. The SMILES string of the molecule is Cc1ccc(S(=O)(=O)N2CCC(C(=O)NCc3ccc(Cl)cc3)CC2)c(C)c1. The molecule has 1 aliphatic heterocycles. The molecule has 5 nitrogen and oxygen atoms in total. The number of aryl methyl sites for hydroxylation is 2. The third-order valence-corrected chi connectivity index (χ3v) is 7.46. The Morgan fingerprint density at radius 1 is 1.11 bits per heavy atom. The van der Waals surface area contributed by atoms with Gasteiger partial charge in [-0.05, 0) is 56.0 Å². The fraction of sp³-hybridized carbons (Fsp3) is 0.381. The van der Waals surface area contributed by atoms with Crippen molar-refractivity contribution in [1.82, 2.24) is 9.62 Å². The zero-order valence-corrected chi connectivity index (χ0v) is 17.7. The van der Waals surface area contributed by atoms with E-state index in [2.05, 4.69) is 5.32 Å². The van der Waals surface area contributed by atoms with E-state index >= 15 is 0 Å². The van der Waals surface area contributed by atoms with Crippen molar-refractivity contribution in [3.8, 4) is 0 Å². The van der Waals surface area contributed by atoms with E-state index in [1.165, 1.54) is 4.31 Å². The monoisotopic (exact) mass is 420 g/mol. The van der Waals surface area contributed by atoms with Crippen LogP contribution in [0.1, 0.15) is 29.5 Å². The fourth-order valence-corrected chi connectivity index (χ4v) is 5.32. The maximum atomic E-state index is 12.9. The molecule has 7 heteroatoms. The summed E-state index contributed by atoms with van der Waals surface area (Å²) in [4.78, 5) is 12.8. The van der Waals surface area contributed by atoms with Gasteiger partial charge in [0, 0.05) is 30.6 Å². The van der Waals surface area contributed by atoms with Crippen LogP contribution in [0.15, 0.2) is 47.4 Å². The average molecular weight is 421 g/mol. The van der Waals surface area contributed by atoms with Crippen LogP contribution in [0.2, 0.25) is 5.02 Å². The van der Waals surface area contributed by atoms with Gasteiger partial charge in [0.1, 0.15) is 0 Å². The number of piperidine rings is 1. The topological polar surface area (TPSA) is 66.5 Å². The van der Waals surface area contributed by atoms with Crippen molar-refractivity contribution in [3.63, 3.8) is 0 Å². The Hall–Kier alpha value is -1.89. The normalized spacial score (nSPS) is 16.1. The van der Waals surface area contributed by atoms with E-state index in [1.54, 1.807) is 18.2 Å². The maximum absolute atomic E-state index is 12.9. The van der Waals surface area contributed by atoms with Crippen LogP contribution in [-0.2, 0) is 21.4 Å². The van der Waals surface area contributed by atoms with Gasteiger partial charge < -0.3 is 5.32 Å². The number of halogens is 1. The fourth-order valence-electron chi connectivity index (χ4n) is 3.52. The molecule has 2 aromatic carbocycles. The third-order valence-electron chi connectivity index (χ3n) is 5.15. The lowest BCUT2D eigenvalue weighted by atomic mass is 9.97. The van der Waals surface area contributed by atoms with Crippen molar-refractivity contribution in [2.24, 2.45) is 5.92 Å². The van der Waals surface area contributed by atoms with Crippen LogP contribution in [0.3, 0.4) is 0 Å². The second-order valence-electron chi connectivity index (χ2n) is 7.29. The second kappa shape index (κ2) is 8.64. The summed E-state index contributed by atoms with van der Waals surface area (Å²) >= 11 is 5.87. The van der Waals surface area contributed by atoms with Crippen molar-refractivity contribution in [1.29, 1.82) is 0 Å². The minimum atomic E-state index is -3.53. The molecule has 0 saturated carbocycles. The van der Waals surface area contributed by atoms with E-state index in [0.29, 0.717) is 42.4 Å².